The van der Waals surface area contributed by atoms with Gasteiger partial charge in [-0.25, -0.2) is 4.79 Å². The molecule has 0 aromatic heterocycles. The second-order valence-electron chi connectivity index (χ2n) is 7.13. The number of piperidine rings is 2. The van der Waals surface area contributed by atoms with Crippen LogP contribution < -0.4 is 16.0 Å². The number of carbonyl (C=O) groups is 2. The third-order valence-electron chi connectivity index (χ3n) is 5.17. The van der Waals surface area contributed by atoms with E-state index in [1.165, 1.54) is 5.56 Å². The molecule has 6 nitrogen and oxygen atoms in total. The summed E-state index contributed by atoms with van der Waals surface area (Å²) < 4.78 is 0. The molecule has 2 fully saturated rings. The van der Waals surface area contributed by atoms with Gasteiger partial charge in [-0.2, -0.15) is 0 Å². The normalized spacial score (nSPS) is 27.4. The van der Waals surface area contributed by atoms with Crippen molar-refractivity contribution in [1.82, 2.24) is 20.9 Å². The first kappa shape index (κ1) is 17.7. The van der Waals surface area contributed by atoms with Gasteiger partial charge in [0.05, 0.1) is 0 Å². The fraction of sp³-hybridized carbons (Fsp3) is 0.579. The van der Waals surface area contributed by atoms with Crippen LogP contribution in [0.5, 0.6) is 0 Å². The lowest BCUT2D eigenvalue weighted by Gasteiger charge is -2.38. The average Bonchev–Trinajstić information content (AvgIpc) is 2.60. The maximum absolute atomic E-state index is 12.2. The fourth-order valence-electron chi connectivity index (χ4n) is 3.70. The first-order valence-corrected chi connectivity index (χ1v) is 9.24. The van der Waals surface area contributed by atoms with Crippen LogP contribution in [0.25, 0.3) is 0 Å². The molecule has 2 heterocycles. The van der Waals surface area contributed by atoms with Crippen LogP contribution in [-0.2, 0) is 11.3 Å². The Labute approximate surface area is 149 Å². The van der Waals surface area contributed by atoms with E-state index in [1.807, 2.05) is 6.07 Å². The summed E-state index contributed by atoms with van der Waals surface area (Å²) >= 11 is 0. The van der Waals surface area contributed by atoms with Gasteiger partial charge in [-0.15, -0.1) is 0 Å². The van der Waals surface area contributed by atoms with Crippen molar-refractivity contribution < 1.29 is 9.59 Å². The summed E-state index contributed by atoms with van der Waals surface area (Å²) in [5.74, 6) is -0.0764. The maximum atomic E-state index is 12.2. The minimum atomic E-state index is -0.399. The molecule has 3 atom stereocenters. The highest BCUT2D eigenvalue weighted by molar-refractivity contribution is 5.87. The molecular weight excluding hydrogens is 316 g/mol. The first-order valence-electron chi connectivity index (χ1n) is 9.24. The van der Waals surface area contributed by atoms with Crippen LogP contribution in [0.3, 0.4) is 0 Å². The number of likely N-dealkylation sites (tertiary alicyclic amines) is 1. The van der Waals surface area contributed by atoms with Gasteiger partial charge >= 0.3 is 6.03 Å². The molecule has 6 heteroatoms. The standard InChI is InChI=1S/C19H28N4O2/c1-14-12-16(9-11-23(14)13-15-6-3-2-4-7-15)21-19(25)22-17-8-5-10-20-18(17)24/h2-4,6-7,14,16-17H,5,8-13H2,1H3,(H,20,24)(H2,21,22,25)/t14-,16+,17+/m1/s1. The molecule has 2 aliphatic rings. The summed E-state index contributed by atoms with van der Waals surface area (Å²) in [5.41, 5.74) is 1.32. The van der Waals surface area contributed by atoms with Crippen LogP contribution in [0.15, 0.2) is 30.3 Å². The zero-order valence-electron chi connectivity index (χ0n) is 14.8. The number of urea groups is 1. The largest absolute Gasteiger partial charge is 0.354 e. The molecule has 25 heavy (non-hydrogen) atoms. The van der Waals surface area contributed by atoms with Gasteiger partial charge in [0, 0.05) is 31.7 Å². The molecule has 3 N–H and O–H groups in total. The lowest BCUT2D eigenvalue weighted by Crippen LogP contribution is -2.56. The molecule has 0 aliphatic carbocycles. The minimum Gasteiger partial charge on any atom is -0.354 e. The van der Waals surface area contributed by atoms with Gasteiger partial charge in [-0.1, -0.05) is 30.3 Å². The molecule has 0 bridgehead atoms. The third-order valence-corrected chi connectivity index (χ3v) is 5.17. The van der Waals surface area contributed by atoms with Crippen molar-refractivity contribution in [3.05, 3.63) is 35.9 Å². The molecule has 2 aliphatic heterocycles. The second kappa shape index (κ2) is 8.34. The number of nitrogens with zero attached hydrogens (tertiary/aromatic N) is 1. The predicted octanol–water partition coefficient (Wildman–Crippen LogP) is 1.62. The fourth-order valence-corrected chi connectivity index (χ4v) is 3.70. The lowest BCUT2D eigenvalue weighted by molar-refractivity contribution is -0.124. The molecule has 3 rings (SSSR count). The van der Waals surface area contributed by atoms with Crippen molar-refractivity contribution in [2.24, 2.45) is 0 Å². The van der Waals surface area contributed by atoms with Crippen LogP contribution in [0, 0.1) is 0 Å². The van der Waals surface area contributed by atoms with Gasteiger partial charge < -0.3 is 16.0 Å². The summed E-state index contributed by atoms with van der Waals surface area (Å²) in [6.07, 6.45) is 3.48. The van der Waals surface area contributed by atoms with Crippen molar-refractivity contribution >= 4 is 11.9 Å². The van der Waals surface area contributed by atoms with E-state index in [9.17, 15) is 9.59 Å². The Balaban J connectivity index is 1.44. The number of rotatable bonds is 4. The minimum absolute atomic E-state index is 0.0764. The summed E-state index contributed by atoms with van der Waals surface area (Å²) in [6.45, 7) is 4.83. The number of amides is 3. The highest BCUT2D eigenvalue weighted by Gasteiger charge is 2.28. The topological polar surface area (TPSA) is 73.5 Å². The Morgan fingerprint density at radius 3 is 2.76 bits per heavy atom. The smallest absolute Gasteiger partial charge is 0.315 e. The first-order chi connectivity index (χ1) is 12.1. The zero-order valence-corrected chi connectivity index (χ0v) is 14.8. The summed E-state index contributed by atoms with van der Waals surface area (Å²) in [5, 5.41) is 8.64. The van der Waals surface area contributed by atoms with E-state index in [0.717, 1.165) is 32.4 Å². The summed E-state index contributed by atoms with van der Waals surface area (Å²) in [7, 11) is 0. The van der Waals surface area contributed by atoms with E-state index < -0.39 is 6.04 Å². The van der Waals surface area contributed by atoms with E-state index >= 15 is 0 Å². The molecule has 3 amide bonds. The summed E-state index contributed by atoms with van der Waals surface area (Å²) in [4.78, 5) is 26.4. The highest BCUT2D eigenvalue weighted by atomic mass is 16.2. The van der Waals surface area contributed by atoms with Crippen LogP contribution in [-0.4, -0.2) is 48.1 Å². The quantitative estimate of drug-likeness (QED) is 0.777. The van der Waals surface area contributed by atoms with E-state index in [-0.39, 0.29) is 18.0 Å². The third kappa shape index (κ3) is 4.95. The van der Waals surface area contributed by atoms with Crippen molar-refractivity contribution in [2.45, 2.75) is 57.3 Å². The maximum Gasteiger partial charge on any atom is 0.315 e. The number of hydrogen-bond donors (Lipinski definition) is 3. The molecule has 0 unspecified atom stereocenters. The Hall–Kier alpha value is -2.08. The molecule has 1 aromatic carbocycles. The van der Waals surface area contributed by atoms with Crippen LogP contribution in [0.4, 0.5) is 4.79 Å². The monoisotopic (exact) mass is 344 g/mol. The Morgan fingerprint density at radius 2 is 2.04 bits per heavy atom. The number of nitrogens with one attached hydrogen (secondary N) is 3. The SMILES string of the molecule is C[C@@H]1C[C@@H](NC(=O)N[C@H]2CCCNC2=O)CCN1Cc1ccccc1. The van der Waals surface area contributed by atoms with E-state index in [1.54, 1.807) is 0 Å². The molecule has 0 saturated carbocycles. The highest BCUT2D eigenvalue weighted by Crippen LogP contribution is 2.20. The van der Waals surface area contributed by atoms with E-state index in [0.29, 0.717) is 19.0 Å². The van der Waals surface area contributed by atoms with Crippen LogP contribution in [0.1, 0.15) is 38.2 Å². The number of carbonyl (C=O) groups excluding carboxylic acids is 2. The van der Waals surface area contributed by atoms with Gasteiger partial charge in [-0.3, -0.25) is 9.69 Å². The Bertz CT molecular complexity index is 592. The lowest BCUT2D eigenvalue weighted by atomic mass is 9.97. The molecule has 1 aromatic rings. The molecule has 136 valence electrons. The van der Waals surface area contributed by atoms with E-state index in [4.69, 9.17) is 0 Å². The van der Waals surface area contributed by atoms with Gasteiger partial charge in [-0.05, 0) is 38.2 Å². The Kier molecular flexibility index (Phi) is 5.91. The molecule has 0 spiro atoms. The van der Waals surface area contributed by atoms with Crippen molar-refractivity contribution in [3.63, 3.8) is 0 Å². The van der Waals surface area contributed by atoms with Gasteiger partial charge in [0.1, 0.15) is 6.04 Å². The number of benzene rings is 1. The van der Waals surface area contributed by atoms with E-state index in [2.05, 4.69) is 52.0 Å². The zero-order chi connectivity index (χ0) is 17.6. The van der Waals surface area contributed by atoms with Crippen LogP contribution in [0.2, 0.25) is 0 Å². The van der Waals surface area contributed by atoms with Crippen molar-refractivity contribution in [1.29, 1.82) is 0 Å². The van der Waals surface area contributed by atoms with Gasteiger partial charge in [0.2, 0.25) is 5.91 Å². The van der Waals surface area contributed by atoms with Crippen molar-refractivity contribution in [3.8, 4) is 0 Å². The van der Waals surface area contributed by atoms with Crippen molar-refractivity contribution in [2.75, 3.05) is 13.1 Å². The Morgan fingerprint density at radius 1 is 1.24 bits per heavy atom. The van der Waals surface area contributed by atoms with Gasteiger partial charge in [0.25, 0.3) is 0 Å². The average molecular weight is 344 g/mol. The van der Waals surface area contributed by atoms with Gasteiger partial charge in [0.15, 0.2) is 0 Å². The molecule has 2 saturated heterocycles. The molecule has 0 radical (unpaired) electrons. The molecular formula is C19H28N4O2. The van der Waals surface area contributed by atoms with Crippen LogP contribution >= 0.6 is 0 Å². The second-order valence-corrected chi connectivity index (χ2v) is 7.13. The summed E-state index contributed by atoms with van der Waals surface area (Å²) in [6, 6.07) is 10.4. The number of hydrogen-bond acceptors (Lipinski definition) is 3. The predicted molar refractivity (Wildman–Crippen MR) is 97.0 cm³/mol.